The number of hydrogen-bond acceptors (Lipinski definition) is 5. The van der Waals surface area contributed by atoms with Crippen LogP contribution in [0.4, 0.5) is 5.82 Å². The van der Waals surface area contributed by atoms with Crippen LogP contribution in [0, 0.1) is 17.8 Å². The van der Waals surface area contributed by atoms with Crippen LogP contribution >= 0.6 is 0 Å². The highest BCUT2D eigenvalue weighted by atomic mass is 16.2. The Kier molecular flexibility index (Phi) is 12.1. The Balaban J connectivity index is 0.00000154. The number of hydrogen-bond donors (Lipinski definition) is 3. The van der Waals surface area contributed by atoms with E-state index in [2.05, 4.69) is 23.7 Å². The smallest absolute Gasteiger partial charge is 0.251 e. The number of aryl methyl sites for hydroxylation is 1. The summed E-state index contributed by atoms with van der Waals surface area (Å²) >= 11 is 0. The van der Waals surface area contributed by atoms with Gasteiger partial charge in [-0.25, -0.2) is 4.98 Å². The van der Waals surface area contributed by atoms with Crippen molar-refractivity contribution in [1.29, 1.82) is 0 Å². The summed E-state index contributed by atoms with van der Waals surface area (Å²) in [5.41, 5.74) is 9.48. The third-order valence-corrected chi connectivity index (χ3v) is 7.26. The van der Waals surface area contributed by atoms with Gasteiger partial charge in [-0.2, -0.15) is 0 Å². The average Bonchev–Trinajstić information content (AvgIpc) is 2.82. The van der Waals surface area contributed by atoms with Crippen LogP contribution in [0.5, 0.6) is 0 Å². The SMILES string of the molecule is C/C=C\C=C(\C)C(N)=NC(C)c1ccc[nH]c(=O)cc(N2CC3(CCC3(C)C)C2)nc1C.CC.CO. The van der Waals surface area contributed by atoms with Crippen LogP contribution in [0.25, 0.3) is 0 Å². The Bertz CT molecular complexity index is 1060. The zero-order valence-corrected chi connectivity index (χ0v) is 23.7. The minimum atomic E-state index is -0.179. The summed E-state index contributed by atoms with van der Waals surface area (Å²) in [6, 6.07) is 5.18. The fraction of sp³-hybridized carbons (Fsp3) is 0.552. The van der Waals surface area contributed by atoms with Crippen molar-refractivity contribution < 1.29 is 5.11 Å². The van der Waals surface area contributed by atoms with Crippen molar-refractivity contribution in [2.45, 2.75) is 74.3 Å². The first-order valence-corrected chi connectivity index (χ1v) is 12.9. The largest absolute Gasteiger partial charge is 0.400 e. The van der Waals surface area contributed by atoms with Gasteiger partial charge in [0.1, 0.15) is 11.7 Å². The molecule has 0 bridgehead atoms. The summed E-state index contributed by atoms with van der Waals surface area (Å²) in [5, 5.41) is 7.00. The molecule has 1 aromatic rings. The van der Waals surface area contributed by atoms with Gasteiger partial charge in [-0.1, -0.05) is 52.0 Å². The zero-order valence-electron chi connectivity index (χ0n) is 23.7. The lowest BCUT2D eigenvalue weighted by Gasteiger charge is -2.66. The first-order chi connectivity index (χ1) is 17.1. The van der Waals surface area contributed by atoms with Crippen molar-refractivity contribution in [2.24, 2.45) is 21.6 Å². The fourth-order valence-electron chi connectivity index (χ4n) is 4.55. The van der Waals surface area contributed by atoms with Crippen molar-refractivity contribution in [2.75, 3.05) is 25.1 Å². The van der Waals surface area contributed by atoms with E-state index in [0.717, 1.165) is 37.0 Å². The van der Waals surface area contributed by atoms with Crippen molar-refractivity contribution in [3.05, 3.63) is 69.8 Å². The molecule has 1 aromatic heterocycles. The molecule has 200 valence electrons. The fourth-order valence-corrected chi connectivity index (χ4v) is 4.55. The van der Waals surface area contributed by atoms with E-state index < -0.39 is 0 Å². The monoisotopic (exact) mass is 497 g/mol. The van der Waals surface area contributed by atoms with Crippen molar-refractivity contribution in [3.8, 4) is 0 Å². The second kappa shape index (κ2) is 14.0. The highest BCUT2D eigenvalue weighted by molar-refractivity contribution is 5.96. The minimum absolute atomic E-state index is 0.168. The Hall–Kier alpha value is -2.93. The van der Waals surface area contributed by atoms with Gasteiger partial charge in [-0.05, 0) is 63.2 Å². The third-order valence-electron chi connectivity index (χ3n) is 7.26. The second-order valence-corrected chi connectivity index (χ2v) is 9.78. The van der Waals surface area contributed by atoms with E-state index in [1.165, 1.54) is 12.8 Å². The second-order valence-electron chi connectivity index (χ2n) is 9.78. The molecule has 1 aliphatic carbocycles. The average molecular weight is 498 g/mol. The lowest BCUT2D eigenvalue weighted by Crippen LogP contribution is -2.68. The Morgan fingerprint density at radius 1 is 1.28 bits per heavy atom. The van der Waals surface area contributed by atoms with Gasteiger partial charge < -0.3 is 20.7 Å². The molecular weight excluding hydrogens is 450 g/mol. The number of anilines is 1. The van der Waals surface area contributed by atoms with Crippen LogP contribution < -0.4 is 16.2 Å². The Morgan fingerprint density at radius 2 is 1.92 bits per heavy atom. The van der Waals surface area contributed by atoms with Gasteiger partial charge in [-0.3, -0.25) is 9.79 Å². The third kappa shape index (κ3) is 7.29. The van der Waals surface area contributed by atoms with Crippen LogP contribution in [-0.4, -0.2) is 41.1 Å². The van der Waals surface area contributed by atoms with Crippen LogP contribution in [0.2, 0.25) is 0 Å². The number of aromatic nitrogens is 2. The molecular formula is C29H47N5O2. The number of nitrogens with zero attached hydrogens (tertiary/aromatic N) is 3. The molecule has 7 heteroatoms. The molecule has 1 atom stereocenters. The molecule has 0 aromatic carbocycles. The van der Waals surface area contributed by atoms with Crippen LogP contribution in [-0.2, 0) is 0 Å². The number of aliphatic imine (C=N–C) groups is 1. The van der Waals surface area contributed by atoms with E-state index in [1.807, 2.05) is 71.9 Å². The quantitative estimate of drug-likeness (QED) is 0.287. The highest BCUT2D eigenvalue weighted by Crippen LogP contribution is 2.61. The first kappa shape index (κ1) is 31.1. The van der Waals surface area contributed by atoms with Gasteiger partial charge in [0.05, 0.1) is 6.04 Å². The van der Waals surface area contributed by atoms with Crippen molar-refractivity contribution >= 4 is 11.7 Å². The van der Waals surface area contributed by atoms with E-state index in [4.69, 9.17) is 20.8 Å². The molecule has 1 aliphatic heterocycles. The van der Waals surface area contributed by atoms with Gasteiger partial charge in [0.25, 0.3) is 5.56 Å². The molecule has 1 unspecified atom stereocenters. The molecule has 3 rings (SSSR count). The number of amidine groups is 1. The molecule has 2 aliphatic rings. The van der Waals surface area contributed by atoms with Crippen LogP contribution in [0.15, 0.2) is 58.0 Å². The molecule has 4 N–H and O–H groups in total. The van der Waals surface area contributed by atoms with Crippen LogP contribution in [0.1, 0.15) is 78.6 Å². The molecule has 0 amide bonds. The maximum absolute atomic E-state index is 12.4. The summed E-state index contributed by atoms with van der Waals surface area (Å²) in [6.07, 6.45) is 10.0. The summed E-state index contributed by atoms with van der Waals surface area (Å²) in [6.45, 7) is 18.5. The molecule has 1 spiro atoms. The summed E-state index contributed by atoms with van der Waals surface area (Å²) in [4.78, 5) is 27.0. The summed E-state index contributed by atoms with van der Waals surface area (Å²) < 4.78 is 0. The number of H-pyrrole nitrogens is 1. The maximum atomic E-state index is 12.4. The lowest BCUT2D eigenvalue weighted by molar-refractivity contribution is -0.0745. The highest BCUT2D eigenvalue weighted by Gasteiger charge is 2.59. The topological polar surface area (TPSA) is 108 Å². The van der Waals surface area contributed by atoms with Gasteiger partial charge in [-0.15, -0.1) is 0 Å². The Labute approximate surface area is 217 Å². The van der Waals surface area contributed by atoms with E-state index in [-0.39, 0.29) is 11.6 Å². The first-order valence-electron chi connectivity index (χ1n) is 12.9. The maximum Gasteiger partial charge on any atom is 0.251 e. The summed E-state index contributed by atoms with van der Waals surface area (Å²) in [5.74, 6) is 1.22. The number of nitrogens with two attached hydrogens (primary N) is 1. The number of nitrogens with one attached hydrogen (secondary N) is 1. The normalized spacial score (nSPS) is 18.6. The molecule has 1 saturated heterocycles. The number of aliphatic hydroxyl groups excluding tert-OH is 1. The van der Waals surface area contributed by atoms with Gasteiger partial charge in [0.15, 0.2) is 0 Å². The lowest BCUT2D eigenvalue weighted by atomic mass is 9.48. The minimum Gasteiger partial charge on any atom is -0.400 e. The van der Waals surface area contributed by atoms with Crippen LogP contribution in [0.3, 0.4) is 0 Å². The zero-order chi connectivity index (χ0) is 27.5. The molecule has 0 radical (unpaired) electrons. The standard InChI is InChI=1S/C26H37N5O.C2H6.CH4O/c1-7-8-10-18(2)24(27)30-20(4)21-11-9-14-28-23(32)15-22(29-19(21)3)31-16-26(17-31)13-12-25(26,5)6;2*1-2/h7-11,14-15,20H,12-13,16-17H2,1-6H3,(H2,27,30)(H,28,32);1-2H3;2H,1H3/b8-7-,18-10-;;. The van der Waals surface area contributed by atoms with Crippen molar-refractivity contribution in [1.82, 2.24) is 9.97 Å². The number of aromatic amines is 1. The Morgan fingerprint density at radius 3 is 2.44 bits per heavy atom. The van der Waals surface area contributed by atoms with Crippen molar-refractivity contribution in [3.63, 3.8) is 0 Å². The van der Waals surface area contributed by atoms with Gasteiger partial charge in [0.2, 0.25) is 0 Å². The van der Waals surface area contributed by atoms with E-state index in [0.29, 0.717) is 22.5 Å². The summed E-state index contributed by atoms with van der Waals surface area (Å²) in [7, 11) is 1.00. The number of allylic oxidation sites excluding steroid dienone is 3. The van der Waals surface area contributed by atoms with E-state index in [9.17, 15) is 4.79 Å². The van der Waals surface area contributed by atoms with E-state index >= 15 is 0 Å². The van der Waals surface area contributed by atoms with Gasteiger partial charge in [0, 0.05) is 43.6 Å². The molecule has 2 fully saturated rings. The predicted molar refractivity (Wildman–Crippen MR) is 153 cm³/mol. The molecule has 1 saturated carbocycles. The number of aliphatic hydroxyl groups is 1. The predicted octanol–water partition coefficient (Wildman–Crippen LogP) is 5.40. The molecule has 2 heterocycles. The molecule has 36 heavy (non-hydrogen) atoms. The van der Waals surface area contributed by atoms with E-state index in [1.54, 1.807) is 12.3 Å². The molecule has 7 nitrogen and oxygen atoms in total. The van der Waals surface area contributed by atoms with Gasteiger partial charge >= 0.3 is 0 Å². The number of rotatable bonds is 5.